The number of amides is 1. The van der Waals surface area contributed by atoms with Gasteiger partial charge in [-0.3, -0.25) is 4.79 Å². The first-order valence-corrected chi connectivity index (χ1v) is 9.17. The van der Waals surface area contributed by atoms with Crippen LogP contribution in [-0.4, -0.2) is 25.7 Å². The fraction of sp³-hybridized carbons (Fsp3) is 0.250. The summed E-state index contributed by atoms with van der Waals surface area (Å²) in [5, 5.41) is 5.80. The van der Waals surface area contributed by atoms with E-state index in [4.69, 9.17) is 11.6 Å². The van der Waals surface area contributed by atoms with Gasteiger partial charge < -0.3 is 5.32 Å². The molecule has 0 fully saturated rings. The predicted octanol–water partition coefficient (Wildman–Crippen LogP) is 4.91. The van der Waals surface area contributed by atoms with Crippen LogP contribution in [0.5, 0.6) is 0 Å². The number of rotatable bonds is 4. The zero-order valence-corrected chi connectivity index (χ0v) is 16.3. The molecule has 160 valence electrons. The molecule has 0 unspecified atom stereocenters. The summed E-state index contributed by atoms with van der Waals surface area (Å²) in [6.45, 7) is 1.44. The molecular weight excluding hydrogens is 460 g/mol. The first-order valence-electron chi connectivity index (χ1n) is 7.98. The third kappa shape index (κ3) is 4.73. The monoisotopic (exact) mass is 469 g/mol. The van der Waals surface area contributed by atoms with Gasteiger partial charge >= 0.3 is 12.4 Å². The molecule has 0 saturated carbocycles. The molecule has 2 heterocycles. The van der Waals surface area contributed by atoms with E-state index in [1.807, 2.05) is 0 Å². The van der Waals surface area contributed by atoms with Crippen molar-refractivity contribution in [2.24, 2.45) is 0 Å². The fourth-order valence-electron chi connectivity index (χ4n) is 2.42. The normalized spacial score (nSPS) is 13.3. The lowest BCUT2D eigenvalue weighted by Crippen LogP contribution is -2.29. The maximum Gasteiger partial charge on any atom is 0.427 e. The number of thiazole rings is 1. The van der Waals surface area contributed by atoms with Crippen molar-refractivity contribution in [1.82, 2.24) is 25.1 Å². The topological polar surface area (TPSA) is 72.7 Å². The average molecular weight is 470 g/mol. The molecule has 0 aliphatic rings. The van der Waals surface area contributed by atoms with Gasteiger partial charge in [-0.2, -0.15) is 36.1 Å². The second-order valence-corrected chi connectivity index (χ2v) is 7.40. The van der Waals surface area contributed by atoms with Gasteiger partial charge in [0.15, 0.2) is 5.82 Å². The number of halogens is 7. The molecule has 1 atom stereocenters. The van der Waals surface area contributed by atoms with Crippen LogP contribution in [0.2, 0.25) is 5.02 Å². The van der Waals surface area contributed by atoms with E-state index in [-0.39, 0.29) is 21.5 Å². The molecule has 0 spiro atoms. The Bertz CT molecular complexity index is 1080. The third-order valence-electron chi connectivity index (χ3n) is 3.75. The van der Waals surface area contributed by atoms with Crippen molar-refractivity contribution in [3.05, 3.63) is 57.6 Å². The van der Waals surface area contributed by atoms with Gasteiger partial charge in [0.1, 0.15) is 11.2 Å². The SMILES string of the molecule is C[C@H](NC(=O)c1cc(Cl)cc(C(F)(F)F)c1)c1ncnn1-c1ncc(C(F)(F)F)s1. The minimum absolute atomic E-state index is 0.0319. The van der Waals surface area contributed by atoms with E-state index in [0.29, 0.717) is 29.7 Å². The summed E-state index contributed by atoms with van der Waals surface area (Å²) >= 11 is 6.00. The van der Waals surface area contributed by atoms with E-state index < -0.39 is 34.7 Å². The van der Waals surface area contributed by atoms with Crippen molar-refractivity contribution in [3.8, 4) is 5.13 Å². The molecule has 6 nitrogen and oxygen atoms in total. The molecule has 0 radical (unpaired) electrons. The Morgan fingerprint density at radius 3 is 2.43 bits per heavy atom. The Hall–Kier alpha value is -2.67. The Kier molecular flexibility index (Phi) is 5.78. The molecule has 0 bridgehead atoms. The quantitative estimate of drug-likeness (QED) is 0.551. The predicted molar refractivity (Wildman–Crippen MR) is 94.4 cm³/mol. The molecule has 1 amide bonds. The van der Waals surface area contributed by atoms with Crippen molar-refractivity contribution in [2.45, 2.75) is 25.3 Å². The van der Waals surface area contributed by atoms with Crippen molar-refractivity contribution in [1.29, 1.82) is 0 Å². The summed E-state index contributed by atoms with van der Waals surface area (Å²) in [5.41, 5.74) is -1.44. The van der Waals surface area contributed by atoms with Crippen LogP contribution >= 0.6 is 22.9 Å². The lowest BCUT2D eigenvalue weighted by Gasteiger charge is -2.15. The Morgan fingerprint density at radius 1 is 1.13 bits per heavy atom. The van der Waals surface area contributed by atoms with E-state index in [1.54, 1.807) is 0 Å². The molecule has 2 aromatic heterocycles. The Morgan fingerprint density at radius 2 is 1.83 bits per heavy atom. The Balaban J connectivity index is 1.84. The number of aromatic nitrogens is 4. The maximum absolute atomic E-state index is 12.9. The summed E-state index contributed by atoms with van der Waals surface area (Å²) in [6, 6.07) is 1.44. The van der Waals surface area contributed by atoms with Gasteiger partial charge in [-0.25, -0.2) is 9.97 Å². The molecule has 3 rings (SSSR count). The summed E-state index contributed by atoms with van der Waals surface area (Å²) in [7, 11) is 0. The van der Waals surface area contributed by atoms with Crippen LogP contribution in [0.3, 0.4) is 0 Å². The number of carbonyl (C=O) groups is 1. The number of carbonyl (C=O) groups excluding carboxylic acids is 1. The number of benzene rings is 1. The Labute approximate surface area is 173 Å². The lowest BCUT2D eigenvalue weighted by atomic mass is 10.1. The number of hydrogen-bond acceptors (Lipinski definition) is 5. The standard InChI is InChI=1S/C16H10ClF6N5OS/c1-7(27-13(29)8-2-9(15(18,19)20)4-10(17)3-8)12-25-6-26-28(12)14-24-5-11(30-14)16(21,22)23/h2-7H,1H3,(H,27,29)/t7-/m0/s1. The summed E-state index contributed by atoms with van der Waals surface area (Å²) in [4.78, 5) is 19.0. The van der Waals surface area contributed by atoms with Crippen molar-refractivity contribution >= 4 is 28.8 Å². The highest BCUT2D eigenvalue weighted by Gasteiger charge is 2.34. The van der Waals surface area contributed by atoms with Crippen LogP contribution in [0, 0.1) is 0 Å². The van der Waals surface area contributed by atoms with Gasteiger partial charge in [-0.15, -0.1) is 0 Å². The zero-order chi connectivity index (χ0) is 22.3. The molecule has 0 aliphatic heterocycles. The van der Waals surface area contributed by atoms with Crippen molar-refractivity contribution in [3.63, 3.8) is 0 Å². The summed E-state index contributed by atoms with van der Waals surface area (Å²) < 4.78 is 78.1. The van der Waals surface area contributed by atoms with Gasteiger partial charge in [0.05, 0.1) is 17.8 Å². The maximum atomic E-state index is 12.9. The van der Waals surface area contributed by atoms with Crippen LogP contribution < -0.4 is 5.32 Å². The summed E-state index contributed by atoms with van der Waals surface area (Å²) in [6.07, 6.45) is -7.60. The first-order chi connectivity index (χ1) is 13.9. The van der Waals surface area contributed by atoms with Gasteiger partial charge in [0.2, 0.25) is 5.13 Å². The number of nitrogens with one attached hydrogen (secondary N) is 1. The van der Waals surface area contributed by atoms with E-state index in [0.717, 1.165) is 17.1 Å². The smallest absolute Gasteiger partial charge is 0.342 e. The van der Waals surface area contributed by atoms with Crippen LogP contribution in [0.25, 0.3) is 5.13 Å². The van der Waals surface area contributed by atoms with Crippen molar-refractivity contribution < 1.29 is 31.1 Å². The minimum atomic E-state index is -4.70. The van der Waals surface area contributed by atoms with Crippen molar-refractivity contribution in [2.75, 3.05) is 0 Å². The second-order valence-electron chi connectivity index (χ2n) is 5.96. The zero-order valence-electron chi connectivity index (χ0n) is 14.7. The average Bonchev–Trinajstić information content (AvgIpc) is 3.29. The van der Waals surface area contributed by atoms with E-state index in [2.05, 4.69) is 20.4 Å². The number of nitrogens with zero attached hydrogens (tertiary/aromatic N) is 4. The van der Waals surface area contributed by atoms with Crippen LogP contribution in [-0.2, 0) is 12.4 Å². The van der Waals surface area contributed by atoms with Gasteiger partial charge in [-0.1, -0.05) is 22.9 Å². The molecule has 0 saturated heterocycles. The summed E-state index contributed by atoms with van der Waals surface area (Å²) in [5.74, 6) is -0.857. The van der Waals surface area contributed by atoms with Gasteiger partial charge in [-0.05, 0) is 25.1 Å². The first kappa shape index (κ1) is 22.0. The molecule has 0 aliphatic carbocycles. The highest BCUT2D eigenvalue weighted by molar-refractivity contribution is 7.14. The van der Waals surface area contributed by atoms with E-state index in [1.165, 1.54) is 6.92 Å². The van der Waals surface area contributed by atoms with Crippen LogP contribution in [0.15, 0.2) is 30.7 Å². The number of alkyl halides is 6. The van der Waals surface area contributed by atoms with Gasteiger partial charge in [0, 0.05) is 10.6 Å². The largest absolute Gasteiger partial charge is 0.427 e. The highest BCUT2D eigenvalue weighted by atomic mass is 35.5. The van der Waals surface area contributed by atoms with Crippen LogP contribution in [0.4, 0.5) is 26.3 Å². The third-order valence-corrected chi connectivity index (χ3v) is 4.99. The number of hydrogen-bond donors (Lipinski definition) is 1. The molecule has 3 aromatic rings. The van der Waals surface area contributed by atoms with E-state index >= 15 is 0 Å². The molecule has 1 N–H and O–H groups in total. The van der Waals surface area contributed by atoms with Crippen LogP contribution in [0.1, 0.15) is 39.6 Å². The highest BCUT2D eigenvalue weighted by Crippen LogP contribution is 2.35. The minimum Gasteiger partial charge on any atom is -0.342 e. The van der Waals surface area contributed by atoms with Gasteiger partial charge in [0.25, 0.3) is 5.91 Å². The second kappa shape index (κ2) is 7.87. The molecule has 14 heteroatoms. The molecular formula is C16H10ClF6N5OS. The molecule has 30 heavy (non-hydrogen) atoms. The molecule has 1 aromatic carbocycles. The fourth-order valence-corrected chi connectivity index (χ4v) is 3.40. The van der Waals surface area contributed by atoms with E-state index in [9.17, 15) is 31.1 Å². The lowest BCUT2D eigenvalue weighted by molar-refractivity contribution is -0.137.